The second kappa shape index (κ2) is 2.73. The van der Waals surface area contributed by atoms with Gasteiger partial charge in [-0.15, -0.1) is 0 Å². The van der Waals surface area contributed by atoms with Gasteiger partial charge < -0.3 is 15.6 Å². The summed E-state index contributed by atoms with van der Waals surface area (Å²) >= 11 is 0. The van der Waals surface area contributed by atoms with Gasteiger partial charge in [0.1, 0.15) is 0 Å². The van der Waals surface area contributed by atoms with E-state index in [1.54, 1.807) is 0 Å². The maximum absolute atomic E-state index is 9.47. The molecule has 3 N–H and O–H groups in total. The molecule has 4 atom stereocenters. The van der Waals surface area contributed by atoms with Crippen LogP contribution in [0.15, 0.2) is 0 Å². The maximum atomic E-state index is 9.47. The van der Waals surface area contributed by atoms with Crippen molar-refractivity contribution in [2.24, 2.45) is 11.7 Å². The van der Waals surface area contributed by atoms with Crippen LogP contribution in [0, 0.1) is 5.92 Å². The van der Waals surface area contributed by atoms with Crippen LogP contribution in [-0.2, 0) is 4.74 Å². The van der Waals surface area contributed by atoms with E-state index < -0.39 is 0 Å². The first kappa shape index (κ1) is 7.53. The van der Waals surface area contributed by atoms with E-state index in [2.05, 4.69) is 0 Å². The van der Waals surface area contributed by atoms with Crippen molar-refractivity contribution in [2.45, 2.75) is 37.6 Å². The number of aliphatic hydroxyl groups excluding tert-OH is 1. The molecule has 2 aliphatic heterocycles. The Kier molecular flexibility index (Phi) is 1.87. The monoisotopic (exact) mass is 157 g/mol. The molecule has 2 fully saturated rings. The average molecular weight is 157 g/mol. The highest BCUT2D eigenvalue weighted by atomic mass is 16.5. The van der Waals surface area contributed by atoms with Crippen molar-refractivity contribution < 1.29 is 9.84 Å². The lowest BCUT2D eigenvalue weighted by Gasteiger charge is -2.22. The van der Waals surface area contributed by atoms with E-state index >= 15 is 0 Å². The minimum absolute atomic E-state index is 0.304. The Bertz CT molecular complexity index is 151. The fourth-order valence-corrected chi connectivity index (χ4v) is 2.26. The molecule has 3 heteroatoms. The van der Waals surface area contributed by atoms with Crippen LogP contribution in [-0.4, -0.2) is 30.0 Å². The zero-order chi connectivity index (χ0) is 7.84. The number of aliphatic hydroxyl groups is 1. The molecule has 0 saturated carbocycles. The van der Waals surface area contributed by atoms with Crippen LogP contribution in [0.5, 0.6) is 0 Å². The van der Waals surface area contributed by atoms with Gasteiger partial charge in [-0.1, -0.05) is 0 Å². The zero-order valence-electron chi connectivity index (χ0n) is 6.57. The molecule has 2 rings (SSSR count). The SMILES string of the molecule is NC[C@H](O)C1CC2CCC1O2. The predicted octanol–water partition coefficient (Wildman–Crippen LogP) is -0.127. The minimum Gasteiger partial charge on any atom is -0.391 e. The van der Waals surface area contributed by atoms with E-state index in [0.717, 1.165) is 12.8 Å². The fraction of sp³-hybridized carbons (Fsp3) is 1.00. The van der Waals surface area contributed by atoms with Crippen LogP contribution in [0.1, 0.15) is 19.3 Å². The van der Waals surface area contributed by atoms with Gasteiger partial charge in [0.05, 0.1) is 18.3 Å². The summed E-state index contributed by atoms with van der Waals surface area (Å²) < 4.78 is 5.59. The molecule has 0 aliphatic carbocycles. The number of fused-ring (bicyclic) bond motifs is 2. The Hall–Kier alpha value is -0.120. The topological polar surface area (TPSA) is 55.5 Å². The van der Waals surface area contributed by atoms with E-state index in [4.69, 9.17) is 10.5 Å². The number of ether oxygens (including phenoxy) is 1. The molecular weight excluding hydrogens is 142 g/mol. The lowest BCUT2D eigenvalue weighted by molar-refractivity contribution is 0.0469. The molecule has 11 heavy (non-hydrogen) atoms. The standard InChI is InChI=1S/C8H15NO2/c9-4-7(10)6-3-5-1-2-8(6)11-5/h5-8,10H,1-4,9H2/t5?,6?,7-,8?/m0/s1. The van der Waals surface area contributed by atoms with Crippen LogP contribution in [0.2, 0.25) is 0 Å². The predicted molar refractivity (Wildman–Crippen MR) is 41.1 cm³/mol. The molecule has 0 radical (unpaired) electrons. The molecule has 2 heterocycles. The van der Waals surface area contributed by atoms with Crippen molar-refractivity contribution in [3.8, 4) is 0 Å². The van der Waals surface area contributed by atoms with Gasteiger partial charge in [0, 0.05) is 12.5 Å². The van der Waals surface area contributed by atoms with E-state index in [1.807, 2.05) is 0 Å². The molecule has 3 unspecified atom stereocenters. The van der Waals surface area contributed by atoms with Crippen molar-refractivity contribution >= 4 is 0 Å². The van der Waals surface area contributed by atoms with Gasteiger partial charge in [0.2, 0.25) is 0 Å². The van der Waals surface area contributed by atoms with Gasteiger partial charge >= 0.3 is 0 Å². The molecule has 2 saturated heterocycles. The van der Waals surface area contributed by atoms with Gasteiger partial charge in [0.15, 0.2) is 0 Å². The third-order valence-electron chi connectivity index (χ3n) is 2.89. The third kappa shape index (κ3) is 1.17. The highest BCUT2D eigenvalue weighted by Gasteiger charge is 2.43. The first-order valence-corrected chi connectivity index (χ1v) is 4.35. The van der Waals surface area contributed by atoms with E-state index in [1.165, 1.54) is 6.42 Å². The Morgan fingerprint density at radius 1 is 1.55 bits per heavy atom. The largest absolute Gasteiger partial charge is 0.391 e. The summed E-state index contributed by atoms with van der Waals surface area (Å²) in [7, 11) is 0. The lowest BCUT2D eigenvalue weighted by Crippen LogP contribution is -2.34. The molecular formula is C8H15NO2. The zero-order valence-corrected chi connectivity index (χ0v) is 6.57. The van der Waals surface area contributed by atoms with Crippen molar-refractivity contribution in [3.63, 3.8) is 0 Å². The summed E-state index contributed by atoms with van der Waals surface area (Å²) in [5.74, 6) is 0.318. The van der Waals surface area contributed by atoms with E-state index in [-0.39, 0.29) is 6.10 Å². The second-order valence-electron chi connectivity index (χ2n) is 3.58. The number of nitrogens with two attached hydrogens (primary N) is 1. The Morgan fingerprint density at radius 2 is 2.36 bits per heavy atom. The summed E-state index contributed by atoms with van der Waals surface area (Å²) in [6.45, 7) is 0.372. The summed E-state index contributed by atoms with van der Waals surface area (Å²) in [6, 6.07) is 0. The molecule has 0 aromatic heterocycles. The highest BCUT2D eigenvalue weighted by Crippen LogP contribution is 2.40. The molecule has 3 nitrogen and oxygen atoms in total. The fourth-order valence-electron chi connectivity index (χ4n) is 2.26. The van der Waals surface area contributed by atoms with Crippen LogP contribution in [0.3, 0.4) is 0 Å². The number of hydrogen-bond acceptors (Lipinski definition) is 3. The Morgan fingerprint density at radius 3 is 2.82 bits per heavy atom. The summed E-state index contributed by atoms with van der Waals surface area (Å²) in [5.41, 5.74) is 5.38. The van der Waals surface area contributed by atoms with Gasteiger partial charge in [-0.3, -0.25) is 0 Å². The quantitative estimate of drug-likeness (QED) is 0.587. The molecule has 64 valence electrons. The van der Waals surface area contributed by atoms with Crippen molar-refractivity contribution in [2.75, 3.05) is 6.54 Å². The minimum atomic E-state index is -0.342. The van der Waals surface area contributed by atoms with Crippen LogP contribution < -0.4 is 5.73 Å². The molecule has 0 amide bonds. The molecule has 0 spiro atoms. The molecule has 0 aromatic rings. The summed E-state index contributed by atoms with van der Waals surface area (Å²) in [4.78, 5) is 0. The molecule has 2 bridgehead atoms. The summed E-state index contributed by atoms with van der Waals surface area (Å²) in [5, 5.41) is 9.47. The van der Waals surface area contributed by atoms with Gasteiger partial charge in [-0.05, 0) is 19.3 Å². The van der Waals surface area contributed by atoms with Crippen LogP contribution in [0.25, 0.3) is 0 Å². The average Bonchev–Trinajstić information content (AvgIpc) is 2.62. The first-order valence-electron chi connectivity index (χ1n) is 4.35. The second-order valence-corrected chi connectivity index (χ2v) is 3.58. The Labute approximate surface area is 66.5 Å². The van der Waals surface area contributed by atoms with Gasteiger partial charge in [-0.25, -0.2) is 0 Å². The van der Waals surface area contributed by atoms with Gasteiger partial charge in [-0.2, -0.15) is 0 Å². The van der Waals surface area contributed by atoms with Crippen LogP contribution in [0.4, 0.5) is 0 Å². The van der Waals surface area contributed by atoms with Crippen molar-refractivity contribution in [3.05, 3.63) is 0 Å². The van der Waals surface area contributed by atoms with Crippen molar-refractivity contribution in [1.82, 2.24) is 0 Å². The van der Waals surface area contributed by atoms with E-state index in [9.17, 15) is 5.11 Å². The van der Waals surface area contributed by atoms with Crippen LogP contribution >= 0.6 is 0 Å². The third-order valence-corrected chi connectivity index (χ3v) is 2.89. The number of rotatable bonds is 2. The Balaban J connectivity index is 1.96. The summed E-state index contributed by atoms with van der Waals surface area (Å²) in [6.07, 6.45) is 3.70. The normalized spacial score (nSPS) is 44.7. The lowest BCUT2D eigenvalue weighted by atomic mass is 9.85. The smallest absolute Gasteiger partial charge is 0.0716 e. The van der Waals surface area contributed by atoms with Crippen molar-refractivity contribution in [1.29, 1.82) is 0 Å². The first-order chi connectivity index (χ1) is 5.31. The molecule has 0 aromatic carbocycles. The van der Waals surface area contributed by atoms with Gasteiger partial charge in [0.25, 0.3) is 0 Å². The maximum Gasteiger partial charge on any atom is 0.0716 e. The highest BCUT2D eigenvalue weighted by molar-refractivity contribution is 4.92. The van der Waals surface area contributed by atoms with E-state index in [0.29, 0.717) is 24.7 Å². The number of hydrogen-bond donors (Lipinski definition) is 2. The molecule has 2 aliphatic rings.